The van der Waals surface area contributed by atoms with Gasteiger partial charge in [-0.3, -0.25) is 0 Å². The fourth-order valence-electron chi connectivity index (χ4n) is 2.62. The molecule has 0 amide bonds. The van der Waals surface area contributed by atoms with Crippen LogP contribution in [-0.2, 0) is 32.7 Å². The average molecular weight is 328 g/mol. The summed E-state index contributed by atoms with van der Waals surface area (Å²) in [6.45, 7) is 26.0. The van der Waals surface area contributed by atoms with Crippen LogP contribution in [0.25, 0.3) is 0 Å². The maximum Gasteiger partial charge on any atom is 3.00 e. The first-order valence-corrected chi connectivity index (χ1v) is 6.90. The van der Waals surface area contributed by atoms with Crippen LogP contribution in [-0.4, -0.2) is 0 Å². The van der Waals surface area contributed by atoms with Gasteiger partial charge in [0.1, 0.15) is 0 Å². The van der Waals surface area contributed by atoms with Crippen molar-refractivity contribution in [2.24, 2.45) is 16.7 Å². The molecule has 0 aromatic carbocycles. The molecule has 18 heavy (non-hydrogen) atoms. The summed E-state index contributed by atoms with van der Waals surface area (Å²) in [5.41, 5.74) is 0.658. The van der Waals surface area contributed by atoms with Crippen molar-refractivity contribution in [3.8, 4) is 0 Å². The van der Waals surface area contributed by atoms with Crippen LogP contribution in [0, 0.1) is 35.5 Å². The first-order chi connectivity index (χ1) is 7.58. The summed E-state index contributed by atoms with van der Waals surface area (Å²) in [5, 5.41) is 0. The van der Waals surface area contributed by atoms with Crippen molar-refractivity contribution in [1.29, 1.82) is 0 Å². The second-order valence-electron chi connectivity index (χ2n) is 6.40. The molecule has 106 valence electrons. The zero-order valence-corrected chi connectivity index (χ0v) is 17.4. The molecule has 0 aromatic rings. The van der Waals surface area contributed by atoms with E-state index in [-0.39, 0.29) is 32.7 Å². The van der Waals surface area contributed by atoms with E-state index in [1.54, 1.807) is 18.8 Å². The molecule has 0 saturated heterocycles. The Morgan fingerprint density at radius 2 is 1.06 bits per heavy atom. The maximum absolute atomic E-state index is 3.25. The van der Waals surface area contributed by atoms with Crippen LogP contribution < -0.4 is 0 Å². The minimum atomic E-state index is 0. The van der Waals surface area contributed by atoms with Gasteiger partial charge in [-0.05, 0) is 0 Å². The molecule has 0 spiro atoms. The topological polar surface area (TPSA) is 0 Å². The fraction of sp³-hybridized carbons (Fsp3) is 0.824. The van der Waals surface area contributed by atoms with E-state index < -0.39 is 0 Å². The van der Waals surface area contributed by atoms with Crippen molar-refractivity contribution < 1.29 is 32.7 Å². The van der Waals surface area contributed by atoms with Gasteiger partial charge in [-0.2, -0.15) is 45.4 Å². The summed E-state index contributed by atoms with van der Waals surface area (Å²) < 4.78 is 0. The van der Waals surface area contributed by atoms with Crippen LogP contribution in [0.5, 0.6) is 0 Å². The summed E-state index contributed by atoms with van der Waals surface area (Å²) in [6.07, 6.45) is 1.25. The summed E-state index contributed by atoms with van der Waals surface area (Å²) in [7, 11) is 0. The zero-order valence-electron chi connectivity index (χ0n) is 14.6. The molecule has 0 aliphatic rings. The first-order valence-electron chi connectivity index (χ1n) is 6.90. The third-order valence-corrected chi connectivity index (χ3v) is 4.73. The molecule has 0 fully saturated rings. The molecule has 0 unspecified atom stereocenters. The molecule has 0 radical (unpaired) electrons. The van der Waals surface area contributed by atoms with Crippen molar-refractivity contribution in [1.82, 2.24) is 0 Å². The third kappa shape index (κ3) is 6.04. The largest absolute Gasteiger partial charge is 3.00 e. The molecule has 0 aliphatic heterocycles. The normalized spacial score (nSPS) is 12.3. The number of rotatable bonds is 5. The molecule has 0 nitrogen and oxygen atoms in total. The quantitative estimate of drug-likeness (QED) is 0.532. The Balaban J connectivity index is -0.000000709. The molecule has 0 bridgehead atoms. The predicted octanol–water partition coefficient (Wildman–Crippen LogP) is 6.13. The summed E-state index contributed by atoms with van der Waals surface area (Å²) in [4.78, 5) is 0. The standard InChI is InChI=1S/C15H30.C2H5.Y/c1-10-13(14(6,7)11(2)3)15(8,9)12(4)5;1-2;/h13H,10H2,1-9H3;1H2,2H3;/q-2;-1;+3. The van der Waals surface area contributed by atoms with Crippen molar-refractivity contribution in [3.05, 3.63) is 18.8 Å². The van der Waals surface area contributed by atoms with Gasteiger partial charge < -0.3 is 18.8 Å². The minimum Gasteiger partial charge on any atom is -0.346 e. The van der Waals surface area contributed by atoms with E-state index in [0.717, 1.165) is 5.92 Å². The van der Waals surface area contributed by atoms with Gasteiger partial charge in [0.2, 0.25) is 0 Å². The van der Waals surface area contributed by atoms with Crippen molar-refractivity contribution in [3.63, 3.8) is 0 Å². The van der Waals surface area contributed by atoms with Gasteiger partial charge in [-0.25, -0.2) is 0 Å². The zero-order chi connectivity index (χ0) is 14.4. The molecular formula is C17H35Y. The smallest absolute Gasteiger partial charge is 0.346 e. The van der Waals surface area contributed by atoms with E-state index in [1.165, 1.54) is 6.42 Å². The van der Waals surface area contributed by atoms with Crippen LogP contribution in [0.2, 0.25) is 0 Å². The third-order valence-electron chi connectivity index (χ3n) is 4.73. The van der Waals surface area contributed by atoms with Gasteiger partial charge in [0.25, 0.3) is 0 Å². The predicted molar refractivity (Wildman–Crippen MR) is 81.6 cm³/mol. The first kappa shape index (κ1) is 24.1. The molecule has 0 N–H and O–H groups in total. The second-order valence-corrected chi connectivity index (χ2v) is 6.40. The Bertz CT molecular complexity index is 170. The fourth-order valence-corrected chi connectivity index (χ4v) is 2.62. The van der Waals surface area contributed by atoms with Gasteiger partial charge in [-0.15, -0.1) is 0 Å². The minimum absolute atomic E-state index is 0. The van der Waals surface area contributed by atoms with E-state index in [0.29, 0.717) is 10.8 Å². The van der Waals surface area contributed by atoms with Gasteiger partial charge in [0.15, 0.2) is 0 Å². The maximum atomic E-state index is 3.25. The Hall–Kier alpha value is 1.10. The van der Waals surface area contributed by atoms with Gasteiger partial charge in [-0.1, -0.05) is 47.0 Å². The number of hydrogen-bond acceptors (Lipinski definition) is 0. The second kappa shape index (κ2) is 9.92. The molecule has 0 aliphatic carbocycles. The molecular weight excluding hydrogens is 293 g/mol. The molecule has 1 heteroatoms. The summed E-state index contributed by atoms with van der Waals surface area (Å²) >= 11 is 0. The Kier molecular flexibility index (Phi) is 13.3. The van der Waals surface area contributed by atoms with Crippen molar-refractivity contribution in [2.45, 2.75) is 75.7 Å². The van der Waals surface area contributed by atoms with Crippen molar-refractivity contribution in [2.75, 3.05) is 0 Å². The Morgan fingerprint density at radius 3 is 1.17 bits per heavy atom. The van der Waals surface area contributed by atoms with E-state index in [1.807, 2.05) is 0 Å². The molecule has 0 saturated carbocycles. The van der Waals surface area contributed by atoms with Crippen LogP contribution in [0.3, 0.4) is 0 Å². The molecule has 0 heterocycles. The summed E-state index contributed by atoms with van der Waals surface area (Å²) in [5.74, 6) is 3.81. The van der Waals surface area contributed by atoms with Crippen LogP contribution >= 0.6 is 0 Å². The van der Waals surface area contributed by atoms with Gasteiger partial charge in [0.05, 0.1) is 0 Å². The van der Waals surface area contributed by atoms with Crippen LogP contribution in [0.15, 0.2) is 0 Å². The molecule has 0 rings (SSSR count). The molecule has 0 atom stereocenters. The van der Waals surface area contributed by atoms with Gasteiger partial charge in [0, 0.05) is 0 Å². The Labute approximate surface area is 143 Å². The van der Waals surface area contributed by atoms with Gasteiger partial charge >= 0.3 is 32.7 Å². The average Bonchev–Trinajstić information content (AvgIpc) is 2.20. The Morgan fingerprint density at radius 1 is 0.833 bits per heavy atom. The van der Waals surface area contributed by atoms with E-state index in [9.17, 15) is 0 Å². The van der Waals surface area contributed by atoms with E-state index in [4.69, 9.17) is 0 Å². The monoisotopic (exact) mass is 328 g/mol. The van der Waals surface area contributed by atoms with Crippen molar-refractivity contribution >= 4 is 0 Å². The van der Waals surface area contributed by atoms with Crippen LogP contribution in [0.1, 0.15) is 75.7 Å². The van der Waals surface area contributed by atoms with E-state index in [2.05, 4.69) is 69.2 Å². The molecule has 0 aromatic heterocycles. The summed E-state index contributed by atoms with van der Waals surface area (Å²) in [6, 6.07) is 0. The number of hydrogen-bond donors (Lipinski definition) is 0. The van der Waals surface area contributed by atoms with E-state index >= 15 is 0 Å². The SMILES string of the molecule is CCC(C(C)(C)[C-](C)C)C(C)(C)[C-](C)C.[CH2-]C.[Y+3]. The van der Waals surface area contributed by atoms with Crippen LogP contribution in [0.4, 0.5) is 0 Å².